The highest BCUT2D eigenvalue weighted by molar-refractivity contribution is 5.56. The Hall–Kier alpha value is -2.57. The molecule has 0 fully saturated rings. The first-order chi connectivity index (χ1) is 9.99. The average Bonchev–Trinajstić information content (AvgIpc) is 2.74. The van der Waals surface area contributed by atoms with E-state index in [0.29, 0.717) is 17.3 Å². The van der Waals surface area contributed by atoms with Crippen LogP contribution in [0.5, 0.6) is 11.6 Å². The Morgan fingerprint density at radius 2 is 2.14 bits per heavy atom. The maximum atomic E-state index is 11.0. The number of rotatable bonds is 6. The smallest absolute Gasteiger partial charge is 0.275 e. The number of nitro benzene ring substituents is 1. The average molecular weight is 290 g/mol. The second-order valence-corrected chi connectivity index (χ2v) is 4.75. The highest BCUT2D eigenvalue weighted by atomic mass is 16.6. The summed E-state index contributed by atoms with van der Waals surface area (Å²) in [6, 6.07) is 6.42. The molecule has 0 atom stereocenters. The van der Waals surface area contributed by atoms with Crippen molar-refractivity contribution in [3.05, 3.63) is 40.1 Å². The maximum absolute atomic E-state index is 11.0. The molecule has 0 radical (unpaired) electrons. The summed E-state index contributed by atoms with van der Waals surface area (Å²) in [5, 5.41) is 18.3. The lowest BCUT2D eigenvalue weighted by atomic mass is 10.2. The Morgan fingerprint density at radius 3 is 2.71 bits per heavy atom. The number of anilines is 1. The Bertz CT molecular complexity index is 652. The van der Waals surface area contributed by atoms with Gasteiger partial charge in [0, 0.05) is 37.5 Å². The van der Waals surface area contributed by atoms with Crippen LogP contribution in [-0.4, -0.2) is 21.2 Å². The van der Waals surface area contributed by atoms with Crippen LogP contribution in [0.2, 0.25) is 0 Å². The van der Waals surface area contributed by atoms with Crippen LogP contribution in [0.4, 0.5) is 11.4 Å². The standard InChI is InChI=1S/C14H18N4O3/c1-4-5-15-11-7-12(18(19)20)9-13(8-11)21-14-6-10(2)16-17(14)3/h6-9,15H,4-5H2,1-3H3. The first kappa shape index (κ1) is 14.8. The van der Waals surface area contributed by atoms with Crippen molar-refractivity contribution in [1.29, 1.82) is 0 Å². The minimum Gasteiger partial charge on any atom is -0.439 e. The summed E-state index contributed by atoms with van der Waals surface area (Å²) >= 11 is 0. The number of hydrogen-bond acceptors (Lipinski definition) is 5. The van der Waals surface area contributed by atoms with E-state index in [9.17, 15) is 10.1 Å². The molecular weight excluding hydrogens is 272 g/mol. The first-order valence-corrected chi connectivity index (χ1v) is 6.71. The van der Waals surface area contributed by atoms with Crippen molar-refractivity contribution in [3.8, 4) is 11.6 Å². The van der Waals surface area contributed by atoms with E-state index < -0.39 is 4.92 Å². The summed E-state index contributed by atoms with van der Waals surface area (Å²) in [6.07, 6.45) is 0.930. The molecule has 0 spiro atoms. The molecule has 2 aromatic rings. The number of nitrogens with one attached hydrogen (secondary N) is 1. The lowest BCUT2D eigenvalue weighted by Gasteiger charge is -2.09. The van der Waals surface area contributed by atoms with Gasteiger partial charge in [-0.15, -0.1) is 0 Å². The molecule has 0 bridgehead atoms. The van der Waals surface area contributed by atoms with Gasteiger partial charge in [0.05, 0.1) is 16.7 Å². The van der Waals surface area contributed by atoms with Gasteiger partial charge in [0.1, 0.15) is 5.75 Å². The Labute approximate surface area is 122 Å². The molecule has 1 aromatic heterocycles. The fourth-order valence-corrected chi connectivity index (χ4v) is 1.92. The van der Waals surface area contributed by atoms with Gasteiger partial charge in [-0.1, -0.05) is 6.92 Å². The second kappa shape index (κ2) is 6.25. The van der Waals surface area contributed by atoms with Crippen LogP contribution >= 0.6 is 0 Å². The number of non-ortho nitro benzene ring substituents is 1. The fourth-order valence-electron chi connectivity index (χ4n) is 1.92. The van der Waals surface area contributed by atoms with Crippen LogP contribution in [0, 0.1) is 17.0 Å². The third-order valence-corrected chi connectivity index (χ3v) is 2.86. The molecule has 7 heteroatoms. The van der Waals surface area contributed by atoms with Gasteiger partial charge in [0.2, 0.25) is 5.88 Å². The molecule has 7 nitrogen and oxygen atoms in total. The molecule has 0 saturated heterocycles. The normalized spacial score (nSPS) is 10.4. The Balaban J connectivity index is 2.30. The molecule has 1 aromatic carbocycles. The van der Waals surface area contributed by atoms with E-state index in [4.69, 9.17) is 4.74 Å². The predicted molar refractivity (Wildman–Crippen MR) is 79.9 cm³/mol. The van der Waals surface area contributed by atoms with Gasteiger partial charge < -0.3 is 10.1 Å². The number of nitrogens with zero attached hydrogens (tertiary/aromatic N) is 3. The minimum absolute atomic E-state index is 0.00927. The predicted octanol–water partition coefficient (Wildman–Crippen LogP) is 3.25. The van der Waals surface area contributed by atoms with Crippen molar-refractivity contribution in [2.75, 3.05) is 11.9 Å². The van der Waals surface area contributed by atoms with E-state index in [0.717, 1.165) is 18.7 Å². The van der Waals surface area contributed by atoms with Gasteiger partial charge in [0.15, 0.2) is 0 Å². The van der Waals surface area contributed by atoms with E-state index in [1.54, 1.807) is 23.9 Å². The molecule has 0 unspecified atom stereocenters. The topological polar surface area (TPSA) is 82.2 Å². The van der Waals surface area contributed by atoms with Gasteiger partial charge in [-0.3, -0.25) is 10.1 Å². The maximum Gasteiger partial charge on any atom is 0.275 e. The number of aryl methyl sites for hydroxylation is 2. The molecule has 1 heterocycles. The van der Waals surface area contributed by atoms with Gasteiger partial charge in [-0.25, -0.2) is 4.68 Å². The van der Waals surface area contributed by atoms with Crippen LogP contribution in [0.15, 0.2) is 24.3 Å². The highest BCUT2D eigenvalue weighted by Gasteiger charge is 2.12. The van der Waals surface area contributed by atoms with Crippen molar-refractivity contribution in [3.63, 3.8) is 0 Å². The lowest BCUT2D eigenvalue weighted by Crippen LogP contribution is -2.01. The second-order valence-electron chi connectivity index (χ2n) is 4.75. The van der Waals surface area contributed by atoms with Gasteiger partial charge in [-0.2, -0.15) is 5.10 Å². The summed E-state index contributed by atoms with van der Waals surface area (Å²) in [4.78, 5) is 10.6. The van der Waals surface area contributed by atoms with Crippen molar-refractivity contribution < 1.29 is 9.66 Å². The highest BCUT2D eigenvalue weighted by Crippen LogP contribution is 2.29. The van der Waals surface area contributed by atoms with Crippen molar-refractivity contribution >= 4 is 11.4 Å². The van der Waals surface area contributed by atoms with Crippen LogP contribution in [0.1, 0.15) is 19.0 Å². The third-order valence-electron chi connectivity index (χ3n) is 2.86. The Morgan fingerprint density at radius 1 is 1.38 bits per heavy atom. The van der Waals surface area contributed by atoms with Crippen LogP contribution in [0.25, 0.3) is 0 Å². The summed E-state index contributed by atoms with van der Waals surface area (Å²) in [7, 11) is 1.76. The van der Waals surface area contributed by atoms with E-state index in [2.05, 4.69) is 10.4 Å². The van der Waals surface area contributed by atoms with Gasteiger partial charge in [0.25, 0.3) is 5.69 Å². The SMILES string of the molecule is CCCNc1cc(Oc2cc(C)nn2C)cc([N+](=O)[O-])c1. The zero-order valence-electron chi connectivity index (χ0n) is 12.3. The zero-order chi connectivity index (χ0) is 15.4. The summed E-state index contributed by atoms with van der Waals surface area (Å²) in [5.41, 5.74) is 1.48. The van der Waals surface area contributed by atoms with Gasteiger partial charge in [-0.05, 0) is 13.3 Å². The summed E-state index contributed by atoms with van der Waals surface area (Å²) in [6.45, 7) is 4.63. The molecule has 21 heavy (non-hydrogen) atoms. The zero-order valence-corrected chi connectivity index (χ0v) is 12.3. The molecule has 0 aliphatic rings. The van der Waals surface area contributed by atoms with Crippen LogP contribution in [-0.2, 0) is 7.05 Å². The molecule has 112 valence electrons. The lowest BCUT2D eigenvalue weighted by molar-refractivity contribution is -0.384. The van der Waals surface area contributed by atoms with Crippen molar-refractivity contribution in [2.24, 2.45) is 7.05 Å². The number of aromatic nitrogens is 2. The number of benzene rings is 1. The molecule has 1 N–H and O–H groups in total. The van der Waals surface area contributed by atoms with E-state index in [1.165, 1.54) is 12.1 Å². The van der Waals surface area contributed by atoms with Crippen molar-refractivity contribution in [2.45, 2.75) is 20.3 Å². The van der Waals surface area contributed by atoms with Crippen LogP contribution in [0.3, 0.4) is 0 Å². The number of ether oxygens (including phenoxy) is 1. The summed E-state index contributed by atoms with van der Waals surface area (Å²) in [5.74, 6) is 0.945. The molecule has 0 amide bonds. The van der Waals surface area contributed by atoms with Crippen LogP contribution < -0.4 is 10.1 Å². The molecular formula is C14H18N4O3. The monoisotopic (exact) mass is 290 g/mol. The third kappa shape index (κ3) is 3.71. The van der Waals surface area contributed by atoms with Gasteiger partial charge >= 0.3 is 0 Å². The number of nitro groups is 1. The molecule has 0 aliphatic carbocycles. The van der Waals surface area contributed by atoms with E-state index >= 15 is 0 Å². The fraction of sp³-hybridized carbons (Fsp3) is 0.357. The summed E-state index contributed by atoms with van der Waals surface area (Å²) < 4.78 is 7.29. The number of hydrogen-bond donors (Lipinski definition) is 1. The first-order valence-electron chi connectivity index (χ1n) is 6.71. The largest absolute Gasteiger partial charge is 0.439 e. The quantitative estimate of drug-likeness (QED) is 0.652. The molecule has 2 rings (SSSR count). The minimum atomic E-state index is -0.432. The van der Waals surface area contributed by atoms with E-state index in [-0.39, 0.29) is 5.69 Å². The molecule has 0 saturated carbocycles. The molecule has 0 aliphatic heterocycles. The van der Waals surface area contributed by atoms with Crippen molar-refractivity contribution in [1.82, 2.24) is 9.78 Å². The Kier molecular flexibility index (Phi) is 4.42. The van der Waals surface area contributed by atoms with E-state index in [1.807, 2.05) is 13.8 Å².